The summed E-state index contributed by atoms with van der Waals surface area (Å²) in [4.78, 5) is 4.02. The molecule has 1 aliphatic rings. The molecule has 1 N–H and O–H groups in total. The Labute approximate surface area is 110 Å². The first-order valence-corrected chi connectivity index (χ1v) is 6.39. The molecule has 1 aliphatic heterocycles. The van der Waals surface area contributed by atoms with Crippen molar-refractivity contribution in [2.24, 2.45) is 5.92 Å². The Bertz CT molecular complexity index is 571. The van der Waals surface area contributed by atoms with E-state index in [2.05, 4.69) is 15.2 Å². The molecule has 0 amide bonds. The van der Waals surface area contributed by atoms with Crippen molar-refractivity contribution >= 4 is 12.2 Å². The fourth-order valence-electron chi connectivity index (χ4n) is 2.19. The van der Waals surface area contributed by atoms with E-state index in [4.69, 9.17) is 17.0 Å². The molecule has 5 nitrogen and oxygen atoms in total. The maximum atomic E-state index is 5.40. The van der Waals surface area contributed by atoms with E-state index >= 15 is 0 Å². The summed E-state index contributed by atoms with van der Waals surface area (Å²) in [6.45, 7) is 2.51. The van der Waals surface area contributed by atoms with Crippen molar-refractivity contribution in [2.45, 2.75) is 13.0 Å². The van der Waals surface area contributed by atoms with Crippen LogP contribution in [-0.4, -0.2) is 33.0 Å². The molecule has 0 spiro atoms. The monoisotopic (exact) mass is 262 g/mol. The third-order valence-electron chi connectivity index (χ3n) is 3.16. The van der Waals surface area contributed by atoms with Gasteiger partial charge in [-0.15, -0.1) is 0 Å². The lowest BCUT2D eigenvalue weighted by molar-refractivity contribution is 0.182. The molecule has 1 saturated heterocycles. The molecule has 1 atom stereocenters. The number of hydrogen-bond acceptors (Lipinski definition) is 4. The van der Waals surface area contributed by atoms with Crippen molar-refractivity contribution in [1.82, 2.24) is 19.7 Å². The topological polar surface area (TPSA) is 55.7 Å². The molecule has 3 heterocycles. The third-order valence-corrected chi connectivity index (χ3v) is 3.47. The maximum Gasteiger partial charge on any atom is 0.195 e. The van der Waals surface area contributed by atoms with Crippen LogP contribution in [0.1, 0.15) is 6.42 Å². The number of aromatic nitrogens is 4. The van der Waals surface area contributed by atoms with Gasteiger partial charge in [-0.05, 0) is 30.8 Å². The molecule has 0 bridgehead atoms. The molecule has 3 rings (SSSR count). The van der Waals surface area contributed by atoms with Gasteiger partial charge < -0.3 is 4.74 Å². The highest BCUT2D eigenvalue weighted by atomic mass is 32.1. The van der Waals surface area contributed by atoms with Crippen LogP contribution in [0.15, 0.2) is 24.5 Å². The average molecular weight is 262 g/mol. The van der Waals surface area contributed by atoms with E-state index in [9.17, 15) is 0 Å². The van der Waals surface area contributed by atoms with E-state index in [1.807, 2.05) is 16.7 Å². The molecule has 0 saturated carbocycles. The van der Waals surface area contributed by atoms with Crippen molar-refractivity contribution in [1.29, 1.82) is 0 Å². The molecule has 2 aromatic heterocycles. The standard InChI is InChI=1S/C12H14N4OS/c18-12-15-14-11(10-1-4-13-5-2-10)16(12)7-9-3-6-17-8-9/h1-2,4-5,9H,3,6-8H2,(H,15,18). The van der Waals surface area contributed by atoms with Gasteiger partial charge in [-0.3, -0.25) is 14.6 Å². The summed E-state index contributed by atoms with van der Waals surface area (Å²) in [5.74, 6) is 1.39. The highest BCUT2D eigenvalue weighted by Gasteiger charge is 2.19. The largest absolute Gasteiger partial charge is 0.381 e. The summed E-state index contributed by atoms with van der Waals surface area (Å²) in [5.41, 5.74) is 1.02. The molecular formula is C12H14N4OS. The minimum atomic E-state index is 0.523. The number of rotatable bonds is 3. The quantitative estimate of drug-likeness (QED) is 0.860. The number of nitrogens with one attached hydrogen (secondary N) is 1. The Morgan fingerprint density at radius 2 is 2.28 bits per heavy atom. The highest BCUT2D eigenvalue weighted by Crippen LogP contribution is 2.20. The smallest absolute Gasteiger partial charge is 0.195 e. The van der Waals surface area contributed by atoms with Crippen molar-refractivity contribution in [3.05, 3.63) is 29.3 Å². The van der Waals surface area contributed by atoms with Gasteiger partial charge in [0.05, 0.1) is 6.61 Å². The van der Waals surface area contributed by atoms with E-state index in [1.165, 1.54) is 0 Å². The second-order valence-electron chi connectivity index (χ2n) is 4.43. The zero-order chi connectivity index (χ0) is 12.4. The Kier molecular flexibility index (Phi) is 3.21. The fraction of sp³-hybridized carbons (Fsp3) is 0.417. The zero-order valence-electron chi connectivity index (χ0n) is 9.87. The molecule has 0 radical (unpaired) electrons. The molecule has 0 aliphatic carbocycles. The second kappa shape index (κ2) is 4.99. The Balaban J connectivity index is 1.93. The SMILES string of the molecule is S=c1[nH]nc(-c2ccncc2)n1CC1CCOC1. The molecule has 1 unspecified atom stereocenters. The number of hydrogen-bond donors (Lipinski definition) is 1. The van der Waals surface area contributed by atoms with Gasteiger partial charge in [0.25, 0.3) is 0 Å². The van der Waals surface area contributed by atoms with Gasteiger partial charge in [0.2, 0.25) is 0 Å². The van der Waals surface area contributed by atoms with Crippen LogP contribution in [0.4, 0.5) is 0 Å². The van der Waals surface area contributed by atoms with Gasteiger partial charge in [0.15, 0.2) is 10.6 Å². The van der Waals surface area contributed by atoms with Crippen molar-refractivity contribution in [3.63, 3.8) is 0 Å². The summed E-state index contributed by atoms with van der Waals surface area (Å²) >= 11 is 5.30. The van der Waals surface area contributed by atoms with E-state index in [0.717, 1.165) is 37.6 Å². The molecule has 1 fully saturated rings. The summed E-state index contributed by atoms with van der Waals surface area (Å²) in [7, 11) is 0. The number of pyridine rings is 1. The summed E-state index contributed by atoms with van der Waals surface area (Å²) in [5, 5.41) is 7.17. The van der Waals surface area contributed by atoms with Crippen LogP contribution in [0, 0.1) is 10.7 Å². The molecule has 0 aromatic carbocycles. The summed E-state index contributed by atoms with van der Waals surface area (Å²) < 4.78 is 8.11. The van der Waals surface area contributed by atoms with E-state index in [-0.39, 0.29) is 0 Å². The summed E-state index contributed by atoms with van der Waals surface area (Å²) in [6.07, 6.45) is 4.61. The minimum Gasteiger partial charge on any atom is -0.381 e. The minimum absolute atomic E-state index is 0.523. The molecule has 2 aromatic rings. The normalized spacial score (nSPS) is 19.2. The molecule has 18 heavy (non-hydrogen) atoms. The molecule has 94 valence electrons. The van der Waals surface area contributed by atoms with E-state index in [0.29, 0.717) is 10.7 Å². The van der Waals surface area contributed by atoms with Crippen LogP contribution in [0.25, 0.3) is 11.4 Å². The number of nitrogens with zero attached hydrogens (tertiary/aromatic N) is 3. The average Bonchev–Trinajstić information content (AvgIpc) is 3.03. The number of ether oxygens (including phenoxy) is 1. The predicted molar refractivity (Wildman–Crippen MR) is 69.6 cm³/mol. The first-order chi connectivity index (χ1) is 8.84. The lowest BCUT2D eigenvalue weighted by atomic mass is 10.1. The van der Waals surface area contributed by atoms with Gasteiger partial charge >= 0.3 is 0 Å². The van der Waals surface area contributed by atoms with E-state index in [1.54, 1.807) is 12.4 Å². The van der Waals surface area contributed by atoms with Gasteiger partial charge in [0, 0.05) is 37.0 Å². The van der Waals surface area contributed by atoms with Crippen LogP contribution < -0.4 is 0 Å². The van der Waals surface area contributed by atoms with Crippen LogP contribution in [0.3, 0.4) is 0 Å². The van der Waals surface area contributed by atoms with Gasteiger partial charge in [0.1, 0.15) is 0 Å². The van der Waals surface area contributed by atoms with Crippen LogP contribution >= 0.6 is 12.2 Å². The van der Waals surface area contributed by atoms with E-state index < -0.39 is 0 Å². The highest BCUT2D eigenvalue weighted by molar-refractivity contribution is 7.71. The second-order valence-corrected chi connectivity index (χ2v) is 4.82. The van der Waals surface area contributed by atoms with Gasteiger partial charge in [-0.2, -0.15) is 5.10 Å². The number of H-pyrrole nitrogens is 1. The number of aromatic amines is 1. The molecular weight excluding hydrogens is 248 g/mol. The predicted octanol–water partition coefficient (Wildman–Crippen LogP) is 2.04. The van der Waals surface area contributed by atoms with Crippen molar-refractivity contribution < 1.29 is 4.74 Å². The zero-order valence-corrected chi connectivity index (χ0v) is 10.7. The molecule has 6 heteroatoms. The first-order valence-electron chi connectivity index (χ1n) is 5.98. The Morgan fingerprint density at radius 1 is 1.44 bits per heavy atom. The van der Waals surface area contributed by atoms with Crippen LogP contribution in [0.2, 0.25) is 0 Å². The Hall–Kier alpha value is -1.53. The maximum absolute atomic E-state index is 5.40. The fourth-order valence-corrected chi connectivity index (χ4v) is 2.40. The van der Waals surface area contributed by atoms with Crippen molar-refractivity contribution in [3.8, 4) is 11.4 Å². The lowest BCUT2D eigenvalue weighted by Gasteiger charge is -2.10. The van der Waals surface area contributed by atoms with Crippen molar-refractivity contribution in [2.75, 3.05) is 13.2 Å². The lowest BCUT2D eigenvalue weighted by Crippen LogP contribution is -2.12. The third kappa shape index (κ3) is 2.21. The Morgan fingerprint density at radius 3 is 3.00 bits per heavy atom. The van der Waals surface area contributed by atoms with Crippen LogP contribution in [-0.2, 0) is 11.3 Å². The first kappa shape index (κ1) is 11.6. The summed E-state index contributed by atoms with van der Waals surface area (Å²) in [6, 6.07) is 3.87. The van der Waals surface area contributed by atoms with Gasteiger partial charge in [-0.25, -0.2) is 0 Å². The van der Waals surface area contributed by atoms with Gasteiger partial charge in [-0.1, -0.05) is 0 Å². The van der Waals surface area contributed by atoms with Crippen LogP contribution in [0.5, 0.6) is 0 Å².